The lowest BCUT2D eigenvalue weighted by Gasteiger charge is -2.32. The summed E-state index contributed by atoms with van der Waals surface area (Å²) in [5.41, 5.74) is -0.721. The zero-order chi connectivity index (χ0) is 11.7. The topological polar surface area (TPSA) is 18.5 Å². The minimum atomic E-state index is -0.428. The summed E-state index contributed by atoms with van der Waals surface area (Å²) >= 11 is 6.10. The Bertz CT molecular complexity index is 207. The van der Waals surface area contributed by atoms with E-state index in [-0.39, 0.29) is 23.2 Å². The molecule has 1 atom stereocenters. The van der Waals surface area contributed by atoms with E-state index in [1.54, 1.807) is 0 Å². The Balaban J connectivity index is 2.54. The van der Waals surface area contributed by atoms with Crippen LogP contribution in [-0.4, -0.2) is 30.3 Å². The minimum Gasteiger partial charge on any atom is -0.402 e. The summed E-state index contributed by atoms with van der Waals surface area (Å²) < 4.78 is 23.5. The lowest BCUT2D eigenvalue weighted by atomic mass is 9.81. The van der Waals surface area contributed by atoms with Crippen LogP contribution in [0, 0.1) is 0 Å². The van der Waals surface area contributed by atoms with Gasteiger partial charge in [-0.3, -0.25) is 4.39 Å². The normalized spacial score (nSPS) is 25.6. The van der Waals surface area contributed by atoms with Gasteiger partial charge in [-0.2, -0.15) is 0 Å². The average molecular weight is 237 g/mol. The molecule has 1 heterocycles. The van der Waals surface area contributed by atoms with Gasteiger partial charge >= 0.3 is 7.12 Å². The first-order chi connectivity index (χ1) is 6.80. The molecule has 0 radical (unpaired) electrons. The van der Waals surface area contributed by atoms with Crippen molar-refractivity contribution in [3.05, 3.63) is 0 Å². The molecule has 15 heavy (non-hydrogen) atoms. The Hall–Kier alpha value is 0.205. The van der Waals surface area contributed by atoms with E-state index in [1.807, 2.05) is 27.7 Å². The summed E-state index contributed by atoms with van der Waals surface area (Å²) in [5, 5.41) is -0.276. The van der Waals surface area contributed by atoms with Crippen LogP contribution in [0.3, 0.4) is 0 Å². The Morgan fingerprint density at radius 3 is 2.07 bits per heavy atom. The Morgan fingerprint density at radius 1 is 1.20 bits per heavy atom. The van der Waals surface area contributed by atoms with Crippen molar-refractivity contribution in [3.8, 4) is 0 Å². The molecule has 0 aliphatic carbocycles. The van der Waals surface area contributed by atoms with Gasteiger partial charge in [0.05, 0.1) is 23.2 Å². The van der Waals surface area contributed by atoms with Crippen LogP contribution < -0.4 is 0 Å². The molecule has 2 nitrogen and oxygen atoms in total. The third kappa shape index (κ3) is 2.86. The lowest BCUT2D eigenvalue weighted by Crippen LogP contribution is -2.41. The van der Waals surface area contributed by atoms with Crippen LogP contribution in [0.2, 0.25) is 0 Å². The molecular weight excluding hydrogens is 217 g/mol. The highest BCUT2D eigenvalue weighted by molar-refractivity contribution is 6.59. The molecule has 0 aromatic carbocycles. The summed E-state index contributed by atoms with van der Waals surface area (Å²) in [5.74, 6) is 0. The first-order valence-electron chi connectivity index (χ1n) is 5.36. The molecule has 0 N–H and O–H groups in total. The summed E-state index contributed by atoms with van der Waals surface area (Å²) in [4.78, 5) is 0. The smallest absolute Gasteiger partial charge is 0.402 e. The van der Waals surface area contributed by atoms with Gasteiger partial charge in [0.15, 0.2) is 0 Å². The van der Waals surface area contributed by atoms with Gasteiger partial charge in [0.2, 0.25) is 0 Å². The van der Waals surface area contributed by atoms with Crippen LogP contribution in [0.5, 0.6) is 0 Å². The second-order valence-corrected chi connectivity index (χ2v) is 5.53. The van der Waals surface area contributed by atoms with Crippen LogP contribution in [0.15, 0.2) is 0 Å². The van der Waals surface area contributed by atoms with Crippen molar-refractivity contribution in [2.75, 3.05) is 6.67 Å². The maximum atomic E-state index is 12.0. The minimum absolute atomic E-state index is 0.276. The van der Waals surface area contributed by atoms with E-state index < -0.39 is 7.12 Å². The summed E-state index contributed by atoms with van der Waals surface area (Å²) in [6.07, 6.45) is 1.03. The number of alkyl halides is 2. The highest BCUT2D eigenvalue weighted by Gasteiger charge is 2.53. The largest absolute Gasteiger partial charge is 0.476 e. The van der Waals surface area contributed by atoms with Crippen molar-refractivity contribution >= 4 is 18.7 Å². The highest BCUT2D eigenvalue weighted by Crippen LogP contribution is 2.38. The molecule has 0 aromatic rings. The number of hydrogen-bond donors (Lipinski definition) is 0. The van der Waals surface area contributed by atoms with Gasteiger partial charge < -0.3 is 9.31 Å². The predicted molar refractivity (Wildman–Crippen MR) is 60.9 cm³/mol. The van der Waals surface area contributed by atoms with Gasteiger partial charge in [0.1, 0.15) is 0 Å². The molecule has 0 aromatic heterocycles. The van der Waals surface area contributed by atoms with Crippen LogP contribution in [0.25, 0.3) is 0 Å². The molecule has 1 aliphatic rings. The number of hydrogen-bond acceptors (Lipinski definition) is 2. The Labute approximate surface area is 96.6 Å². The zero-order valence-corrected chi connectivity index (χ0v) is 10.6. The molecule has 1 saturated heterocycles. The molecule has 5 heteroatoms. The lowest BCUT2D eigenvalue weighted by molar-refractivity contribution is 0.00578. The summed E-state index contributed by atoms with van der Waals surface area (Å²) in [6, 6.07) is 0. The molecule has 88 valence electrons. The molecule has 1 aliphatic heterocycles. The van der Waals surface area contributed by atoms with Crippen LogP contribution in [0.1, 0.15) is 40.5 Å². The quantitative estimate of drug-likeness (QED) is 0.552. The molecule has 1 unspecified atom stereocenters. The van der Waals surface area contributed by atoms with E-state index in [0.29, 0.717) is 12.8 Å². The van der Waals surface area contributed by atoms with Gasteiger partial charge in [-0.1, -0.05) is 0 Å². The van der Waals surface area contributed by atoms with Crippen LogP contribution in [-0.2, 0) is 9.31 Å². The van der Waals surface area contributed by atoms with E-state index in [4.69, 9.17) is 20.9 Å². The van der Waals surface area contributed by atoms with E-state index >= 15 is 0 Å². The predicted octanol–water partition coefficient (Wildman–Crippen LogP) is 2.97. The fourth-order valence-electron chi connectivity index (χ4n) is 1.44. The zero-order valence-electron chi connectivity index (χ0n) is 9.85. The van der Waals surface area contributed by atoms with E-state index in [9.17, 15) is 4.39 Å². The van der Waals surface area contributed by atoms with Crippen molar-refractivity contribution in [3.63, 3.8) is 0 Å². The van der Waals surface area contributed by atoms with Crippen molar-refractivity contribution < 1.29 is 13.7 Å². The fourth-order valence-corrected chi connectivity index (χ4v) is 1.70. The number of halogens is 2. The van der Waals surface area contributed by atoms with Gasteiger partial charge in [-0.05, 0) is 40.5 Å². The first kappa shape index (κ1) is 13.3. The molecule has 1 fully saturated rings. The highest BCUT2D eigenvalue weighted by atomic mass is 35.5. The van der Waals surface area contributed by atoms with Crippen molar-refractivity contribution in [2.24, 2.45) is 0 Å². The van der Waals surface area contributed by atoms with E-state index in [0.717, 1.165) is 0 Å². The van der Waals surface area contributed by atoms with Crippen molar-refractivity contribution in [1.82, 2.24) is 0 Å². The third-order valence-electron chi connectivity index (χ3n) is 3.18. The Kier molecular flexibility index (Phi) is 4.07. The third-order valence-corrected chi connectivity index (χ3v) is 3.60. The second-order valence-electron chi connectivity index (χ2n) is 4.97. The van der Waals surface area contributed by atoms with Crippen LogP contribution in [0.4, 0.5) is 4.39 Å². The molecular formula is C10H19BClFO2. The SMILES string of the molecule is CC1(C)OB(C(Cl)CCCF)OC1(C)C. The standard InChI is InChI=1S/C10H19BClFO2/c1-9(2)10(3,4)15-11(14-9)8(12)6-5-7-13/h8H,5-7H2,1-4H3. The molecule has 0 saturated carbocycles. The van der Waals surface area contributed by atoms with Gasteiger partial charge in [-0.25, -0.2) is 0 Å². The maximum Gasteiger partial charge on any atom is 0.476 e. The molecule has 0 amide bonds. The average Bonchev–Trinajstić information content (AvgIpc) is 2.32. The molecule has 0 spiro atoms. The van der Waals surface area contributed by atoms with Crippen molar-refractivity contribution in [1.29, 1.82) is 0 Å². The van der Waals surface area contributed by atoms with E-state index in [2.05, 4.69) is 0 Å². The second kappa shape index (κ2) is 4.60. The monoisotopic (exact) mass is 236 g/mol. The fraction of sp³-hybridized carbons (Fsp3) is 1.00. The summed E-state index contributed by atoms with van der Waals surface area (Å²) in [6.45, 7) is 7.57. The van der Waals surface area contributed by atoms with Gasteiger partial charge in [-0.15, -0.1) is 11.6 Å². The summed E-state index contributed by atoms with van der Waals surface area (Å²) in [7, 11) is -0.428. The Morgan fingerprint density at radius 2 is 1.67 bits per heavy atom. The van der Waals surface area contributed by atoms with Gasteiger partial charge in [0.25, 0.3) is 0 Å². The first-order valence-corrected chi connectivity index (χ1v) is 5.79. The molecule has 1 rings (SSSR count). The molecule has 0 bridgehead atoms. The van der Waals surface area contributed by atoms with Crippen LogP contribution >= 0.6 is 11.6 Å². The maximum absolute atomic E-state index is 12.0. The van der Waals surface area contributed by atoms with Gasteiger partial charge in [0, 0.05) is 0 Å². The van der Waals surface area contributed by atoms with E-state index in [1.165, 1.54) is 0 Å². The number of rotatable bonds is 4. The van der Waals surface area contributed by atoms with Crippen molar-refractivity contribution in [2.45, 2.75) is 57.0 Å².